The summed E-state index contributed by atoms with van der Waals surface area (Å²) in [6.07, 6.45) is 2.77. The Balaban J connectivity index is 2.55. The minimum Gasteiger partial charge on any atom is -0.492 e. The predicted octanol–water partition coefficient (Wildman–Crippen LogP) is 4.24. The molecule has 1 aliphatic rings. The van der Waals surface area contributed by atoms with Crippen LogP contribution in [0.15, 0.2) is 23.0 Å². The van der Waals surface area contributed by atoms with Crippen LogP contribution in [0.1, 0.15) is 43.1 Å². The van der Waals surface area contributed by atoms with E-state index in [9.17, 15) is 4.79 Å². The molecule has 0 radical (unpaired) electrons. The molecule has 148 valence electrons. The van der Waals surface area contributed by atoms with Gasteiger partial charge in [-0.15, -0.1) is 0 Å². The van der Waals surface area contributed by atoms with Crippen molar-refractivity contribution in [2.75, 3.05) is 28.4 Å². The lowest BCUT2D eigenvalue weighted by Crippen LogP contribution is -2.30. The third-order valence-electron chi connectivity index (χ3n) is 4.65. The molecule has 27 heavy (non-hydrogen) atoms. The first-order valence-corrected chi connectivity index (χ1v) is 8.74. The monoisotopic (exact) mass is 376 g/mol. The van der Waals surface area contributed by atoms with Crippen LogP contribution in [0.2, 0.25) is 0 Å². The second-order valence-corrected chi connectivity index (χ2v) is 6.60. The van der Waals surface area contributed by atoms with E-state index >= 15 is 0 Å². The van der Waals surface area contributed by atoms with E-state index in [-0.39, 0.29) is 11.9 Å². The van der Waals surface area contributed by atoms with E-state index in [1.54, 1.807) is 6.92 Å². The molecule has 1 unspecified atom stereocenters. The summed E-state index contributed by atoms with van der Waals surface area (Å²) < 4.78 is 27.6. The molecule has 6 nitrogen and oxygen atoms in total. The van der Waals surface area contributed by atoms with E-state index in [4.69, 9.17) is 23.7 Å². The van der Waals surface area contributed by atoms with Gasteiger partial charge in [0, 0.05) is 17.6 Å². The second-order valence-electron chi connectivity index (χ2n) is 6.60. The number of methoxy groups -OCH3 is 4. The van der Waals surface area contributed by atoms with Crippen molar-refractivity contribution in [1.82, 2.24) is 0 Å². The Hall–Kier alpha value is -2.63. The summed E-state index contributed by atoms with van der Waals surface area (Å²) in [4.78, 5) is 13.2. The van der Waals surface area contributed by atoms with Gasteiger partial charge in [-0.05, 0) is 27.7 Å². The van der Waals surface area contributed by atoms with Crippen LogP contribution in [0.3, 0.4) is 0 Å². The van der Waals surface area contributed by atoms with Crippen molar-refractivity contribution in [1.29, 1.82) is 0 Å². The normalized spacial score (nSPS) is 15.5. The van der Waals surface area contributed by atoms with Gasteiger partial charge in [0.25, 0.3) is 0 Å². The van der Waals surface area contributed by atoms with Gasteiger partial charge in [-0.2, -0.15) is 0 Å². The van der Waals surface area contributed by atoms with Crippen LogP contribution in [0.4, 0.5) is 0 Å². The third-order valence-corrected chi connectivity index (χ3v) is 4.65. The summed E-state index contributed by atoms with van der Waals surface area (Å²) in [5.41, 5.74) is 3.09. The topological polar surface area (TPSA) is 63.2 Å². The fraction of sp³-hybridized carbons (Fsp3) is 0.476. The van der Waals surface area contributed by atoms with Gasteiger partial charge in [0.2, 0.25) is 17.3 Å². The Morgan fingerprint density at radius 3 is 1.89 bits per heavy atom. The number of carbonyl (C=O) groups is 1. The SMILES string of the molecule is COc1c(C)c(C(=O)C2=C(C)C(CC=C(C)C)O2)c(OC)c(OC)c1OC. The van der Waals surface area contributed by atoms with Crippen LogP contribution in [0.5, 0.6) is 23.0 Å². The Morgan fingerprint density at radius 1 is 0.926 bits per heavy atom. The van der Waals surface area contributed by atoms with Crippen molar-refractivity contribution in [2.45, 2.75) is 40.2 Å². The van der Waals surface area contributed by atoms with Crippen molar-refractivity contribution < 1.29 is 28.5 Å². The lowest BCUT2D eigenvalue weighted by atomic mass is 9.92. The van der Waals surface area contributed by atoms with E-state index in [2.05, 4.69) is 6.08 Å². The summed E-state index contributed by atoms with van der Waals surface area (Å²) in [5, 5.41) is 0. The van der Waals surface area contributed by atoms with E-state index in [1.165, 1.54) is 34.0 Å². The van der Waals surface area contributed by atoms with Gasteiger partial charge in [0.05, 0.1) is 34.0 Å². The van der Waals surface area contributed by atoms with Crippen molar-refractivity contribution >= 4 is 5.78 Å². The van der Waals surface area contributed by atoms with Gasteiger partial charge < -0.3 is 23.7 Å². The summed E-state index contributed by atoms with van der Waals surface area (Å²) in [7, 11) is 6.00. The van der Waals surface area contributed by atoms with Gasteiger partial charge >= 0.3 is 0 Å². The highest BCUT2D eigenvalue weighted by molar-refractivity contribution is 6.12. The predicted molar refractivity (Wildman–Crippen MR) is 103 cm³/mol. The van der Waals surface area contributed by atoms with Gasteiger partial charge in [0.1, 0.15) is 6.10 Å². The molecule has 0 saturated carbocycles. The largest absolute Gasteiger partial charge is 0.492 e. The molecule has 0 amide bonds. The van der Waals surface area contributed by atoms with Gasteiger partial charge in [-0.25, -0.2) is 0 Å². The number of carbonyl (C=O) groups excluding carboxylic acids is 1. The number of hydrogen-bond donors (Lipinski definition) is 0. The summed E-state index contributed by atoms with van der Waals surface area (Å²) in [6, 6.07) is 0. The zero-order valence-corrected chi connectivity index (χ0v) is 17.3. The molecule has 0 fully saturated rings. The van der Waals surface area contributed by atoms with Crippen LogP contribution in [0, 0.1) is 6.92 Å². The van der Waals surface area contributed by atoms with E-state index in [0.29, 0.717) is 39.9 Å². The lowest BCUT2D eigenvalue weighted by Gasteiger charge is -2.32. The van der Waals surface area contributed by atoms with Crippen molar-refractivity contribution in [2.24, 2.45) is 0 Å². The molecule has 0 N–H and O–H groups in total. The third kappa shape index (κ3) is 3.61. The van der Waals surface area contributed by atoms with Crippen LogP contribution in [-0.4, -0.2) is 40.3 Å². The van der Waals surface area contributed by atoms with Gasteiger partial charge in [-0.1, -0.05) is 11.6 Å². The molecule has 1 aromatic carbocycles. The van der Waals surface area contributed by atoms with Crippen molar-refractivity contribution in [3.63, 3.8) is 0 Å². The van der Waals surface area contributed by atoms with Crippen LogP contribution < -0.4 is 18.9 Å². The average Bonchev–Trinajstić information content (AvgIpc) is 2.64. The Labute approximate surface area is 160 Å². The first-order valence-electron chi connectivity index (χ1n) is 8.74. The van der Waals surface area contributed by atoms with Crippen molar-refractivity contribution in [3.8, 4) is 23.0 Å². The Morgan fingerprint density at radius 2 is 1.44 bits per heavy atom. The van der Waals surface area contributed by atoms with Crippen LogP contribution >= 0.6 is 0 Å². The standard InChI is InChI=1S/C21H28O6/c1-11(2)9-10-14-12(3)17(27-14)16(22)15-13(4)18(23-5)20(25-7)21(26-8)19(15)24-6/h9,14H,10H2,1-8H3. The lowest BCUT2D eigenvalue weighted by molar-refractivity contribution is 0.0617. The number of ether oxygens (including phenoxy) is 5. The molecule has 0 aromatic heterocycles. The van der Waals surface area contributed by atoms with E-state index in [0.717, 1.165) is 12.0 Å². The summed E-state index contributed by atoms with van der Waals surface area (Å²) in [6.45, 7) is 7.77. The number of allylic oxidation sites excluding steroid dienone is 2. The average molecular weight is 376 g/mol. The number of ketones is 1. The highest BCUT2D eigenvalue weighted by Crippen LogP contribution is 2.50. The molecule has 1 aliphatic heterocycles. The quantitative estimate of drug-likeness (QED) is 0.499. The first kappa shape index (κ1) is 20.7. The van der Waals surface area contributed by atoms with E-state index < -0.39 is 0 Å². The molecule has 0 aliphatic carbocycles. The maximum atomic E-state index is 13.2. The molecule has 0 saturated heterocycles. The zero-order chi connectivity index (χ0) is 20.3. The van der Waals surface area contributed by atoms with Gasteiger partial charge in [0.15, 0.2) is 17.3 Å². The van der Waals surface area contributed by atoms with Crippen LogP contribution in [-0.2, 0) is 4.74 Å². The molecule has 6 heteroatoms. The van der Waals surface area contributed by atoms with E-state index in [1.807, 2.05) is 20.8 Å². The summed E-state index contributed by atoms with van der Waals surface area (Å²) in [5.74, 6) is 1.51. The Bertz CT molecular complexity index is 800. The molecule has 0 spiro atoms. The maximum Gasteiger partial charge on any atom is 0.231 e. The van der Waals surface area contributed by atoms with Gasteiger partial charge in [-0.3, -0.25) is 4.79 Å². The number of rotatable bonds is 8. The minimum absolute atomic E-state index is 0.0767. The number of hydrogen-bond acceptors (Lipinski definition) is 6. The summed E-state index contributed by atoms with van der Waals surface area (Å²) >= 11 is 0. The Kier molecular flexibility index (Phi) is 6.41. The number of benzene rings is 1. The smallest absolute Gasteiger partial charge is 0.231 e. The molecule has 1 atom stereocenters. The molecule has 0 bridgehead atoms. The molecule has 1 aromatic rings. The molecule has 1 heterocycles. The highest BCUT2D eigenvalue weighted by Gasteiger charge is 2.37. The highest BCUT2D eigenvalue weighted by atomic mass is 16.5. The molecular weight excluding hydrogens is 348 g/mol. The minimum atomic E-state index is -0.255. The molecule has 2 rings (SSSR count). The van der Waals surface area contributed by atoms with Crippen LogP contribution in [0.25, 0.3) is 0 Å². The maximum absolute atomic E-state index is 13.2. The number of Topliss-reactive ketones (excluding diaryl/α,β-unsaturated/α-hetero) is 1. The zero-order valence-electron chi connectivity index (χ0n) is 17.3. The van der Waals surface area contributed by atoms with Crippen molar-refractivity contribution in [3.05, 3.63) is 34.1 Å². The fourth-order valence-corrected chi connectivity index (χ4v) is 3.18. The molecular formula is C21H28O6. The first-order chi connectivity index (χ1) is 12.8. The second kappa shape index (κ2) is 8.37. The fourth-order valence-electron chi connectivity index (χ4n) is 3.18.